The highest BCUT2D eigenvalue weighted by Crippen LogP contribution is 2.28. The molecule has 1 aromatic carbocycles. The topological polar surface area (TPSA) is 0 Å². The first-order valence-corrected chi connectivity index (χ1v) is 5.64. The molecule has 0 bridgehead atoms. The second-order valence-electron chi connectivity index (χ2n) is 3.48. The molecular weight excluding hydrogens is 221 g/mol. The highest BCUT2D eigenvalue weighted by Gasteiger charge is 2.26. The fraction of sp³-hybridized carbons (Fsp3) is 0.455. The molecule has 1 rings (SSSR count). The molecule has 0 aliphatic heterocycles. The molecular formula is C11H13F3S. The molecule has 0 atom stereocenters. The van der Waals surface area contributed by atoms with Gasteiger partial charge in [0.05, 0.1) is 6.42 Å². The van der Waals surface area contributed by atoms with Crippen LogP contribution in [0.2, 0.25) is 0 Å². The van der Waals surface area contributed by atoms with Crippen molar-refractivity contribution in [3.63, 3.8) is 0 Å². The predicted octanol–water partition coefficient (Wildman–Crippen LogP) is 4.35. The second kappa shape index (κ2) is 4.92. The minimum atomic E-state index is -4.05. The van der Waals surface area contributed by atoms with E-state index in [0.29, 0.717) is 0 Å². The van der Waals surface area contributed by atoms with Crippen LogP contribution in [-0.4, -0.2) is 11.9 Å². The Morgan fingerprint density at radius 1 is 1.20 bits per heavy atom. The monoisotopic (exact) mass is 234 g/mol. The normalized spacial score (nSPS) is 11.8. The molecule has 84 valence electrons. The highest BCUT2D eigenvalue weighted by molar-refractivity contribution is 7.99. The Labute approximate surface area is 91.9 Å². The molecule has 0 amide bonds. The van der Waals surface area contributed by atoms with E-state index in [1.807, 2.05) is 32.0 Å². The number of halogens is 3. The van der Waals surface area contributed by atoms with Gasteiger partial charge in [-0.25, -0.2) is 0 Å². The van der Waals surface area contributed by atoms with Crippen molar-refractivity contribution in [2.75, 3.05) is 5.75 Å². The van der Waals surface area contributed by atoms with Crippen LogP contribution in [0.15, 0.2) is 23.1 Å². The molecule has 0 fully saturated rings. The molecule has 0 spiro atoms. The molecule has 0 N–H and O–H groups in total. The van der Waals surface area contributed by atoms with Crippen molar-refractivity contribution in [1.82, 2.24) is 0 Å². The van der Waals surface area contributed by atoms with Crippen LogP contribution in [0.1, 0.15) is 17.5 Å². The molecule has 0 radical (unpaired) electrons. The van der Waals surface area contributed by atoms with Crippen LogP contribution in [0.3, 0.4) is 0 Å². The van der Waals surface area contributed by atoms with Crippen LogP contribution in [0.4, 0.5) is 13.2 Å². The smallest absolute Gasteiger partial charge is 0.171 e. The summed E-state index contributed by atoms with van der Waals surface area (Å²) in [4.78, 5) is 0.944. The summed E-state index contributed by atoms with van der Waals surface area (Å²) in [5.41, 5.74) is 2.11. The van der Waals surface area contributed by atoms with Gasteiger partial charge in [0.2, 0.25) is 0 Å². The Kier molecular flexibility index (Phi) is 4.08. The first-order valence-electron chi connectivity index (χ1n) is 4.65. The average Bonchev–Trinajstić information content (AvgIpc) is 2.09. The van der Waals surface area contributed by atoms with Crippen LogP contribution >= 0.6 is 11.8 Å². The molecule has 1 aromatic rings. The largest absolute Gasteiger partial charge is 0.389 e. The van der Waals surface area contributed by atoms with Crippen LogP contribution in [0, 0.1) is 13.8 Å². The van der Waals surface area contributed by atoms with Gasteiger partial charge in [-0.3, -0.25) is 0 Å². The Morgan fingerprint density at radius 2 is 1.87 bits per heavy atom. The van der Waals surface area contributed by atoms with E-state index in [4.69, 9.17) is 0 Å². The Balaban J connectivity index is 2.54. The number of alkyl halides is 3. The summed E-state index contributed by atoms with van der Waals surface area (Å²) in [7, 11) is 0. The third-order valence-corrected chi connectivity index (χ3v) is 3.15. The first-order chi connectivity index (χ1) is 6.88. The Morgan fingerprint density at radius 3 is 2.47 bits per heavy atom. The summed E-state index contributed by atoms with van der Waals surface area (Å²) in [5.74, 6) is 0.0911. The maximum absolute atomic E-state index is 11.9. The fourth-order valence-electron chi connectivity index (χ4n) is 1.14. The van der Waals surface area contributed by atoms with Gasteiger partial charge in [-0.15, -0.1) is 11.8 Å². The van der Waals surface area contributed by atoms with Crippen LogP contribution in [0.25, 0.3) is 0 Å². The highest BCUT2D eigenvalue weighted by atomic mass is 32.2. The molecule has 0 saturated carbocycles. The quantitative estimate of drug-likeness (QED) is 0.701. The van der Waals surface area contributed by atoms with Crippen LogP contribution in [-0.2, 0) is 0 Å². The van der Waals surface area contributed by atoms with Gasteiger partial charge in [0, 0.05) is 10.6 Å². The summed E-state index contributed by atoms with van der Waals surface area (Å²) < 4.78 is 35.8. The lowest BCUT2D eigenvalue weighted by molar-refractivity contribution is -0.129. The third kappa shape index (κ3) is 4.60. The van der Waals surface area contributed by atoms with Gasteiger partial charge in [-0.1, -0.05) is 17.7 Å². The molecule has 0 unspecified atom stereocenters. The number of hydrogen-bond acceptors (Lipinski definition) is 1. The van der Waals surface area contributed by atoms with E-state index in [1.165, 1.54) is 11.8 Å². The number of rotatable bonds is 3. The lowest BCUT2D eigenvalue weighted by atomic mass is 10.2. The zero-order valence-electron chi connectivity index (χ0n) is 8.69. The predicted molar refractivity (Wildman–Crippen MR) is 57.3 cm³/mol. The molecule has 4 heteroatoms. The molecule has 0 nitrogen and oxygen atoms in total. The molecule has 0 aromatic heterocycles. The summed E-state index contributed by atoms with van der Waals surface area (Å²) in [6.45, 7) is 3.85. The first kappa shape index (κ1) is 12.4. The molecule has 0 heterocycles. The maximum atomic E-state index is 11.9. The van der Waals surface area contributed by atoms with E-state index in [9.17, 15) is 13.2 Å². The van der Waals surface area contributed by atoms with E-state index < -0.39 is 12.6 Å². The standard InChI is InChI=1S/C11H13F3S/c1-8-3-4-9(2)10(7-8)15-6-5-11(12,13)14/h3-4,7H,5-6H2,1-2H3. The number of hydrogen-bond donors (Lipinski definition) is 0. The van der Waals surface area contributed by atoms with Gasteiger partial charge in [0.25, 0.3) is 0 Å². The SMILES string of the molecule is Cc1ccc(C)c(SCCC(F)(F)F)c1. The minimum Gasteiger partial charge on any atom is -0.171 e. The van der Waals surface area contributed by atoms with Crippen molar-refractivity contribution < 1.29 is 13.2 Å². The van der Waals surface area contributed by atoms with Gasteiger partial charge in [-0.05, 0) is 25.5 Å². The minimum absolute atomic E-state index is 0.0911. The Hall–Kier alpha value is -0.640. The molecule has 0 aliphatic carbocycles. The van der Waals surface area contributed by atoms with E-state index in [1.54, 1.807) is 0 Å². The lowest BCUT2D eigenvalue weighted by Crippen LogP contribution is -2.08. The van der Waals surface area contributed by atoms with Gasteiger partial charge in [0.1, 0.15) is 0 Å². The molecule has 15 heavy (non-hydrogen) atoms. The van der Waals surface area contributed by atoms with Gasteiger partial charge >= 0.3 is 6.18 Å². The van der Waals surface area contributed by atoms with E-state index in [-0.39, 0.29) is 5.75 Å². The Bertz CT molecular complexity index is 331. The fourth-order valence-corrected chi connectivity index (χ4v) is 2.26. The second-order valence-corrected chi connectivity index (χ2v) is 4.62. The van der Waals surface area contributed by atoms with Gasteiger partial charge < -0.3 is 0 Å². The van der Waals surface area contributed by atoms with Crippen molar-refractivity contribution in [2.24, 2.45) is 0 Å². The van der Waals surface area contributed by atoms with Crippen molar-refractivity contribution in [3.8, 4) is 0 Å². The lowest BCUT2D eigenvalue weighted by Gasteiger charge is -2.08. The average molecular weight is 234 g/mol. The number of thioether (sulfide) groups is 1. The van der Waals surface area contributed by atoms with Crippen molar-refractivity contribution in [2.45, 2.75) is 31.3 Å². The van der Waals surface area contributed by atoms with E-state index >= 15 is 0 Å². The summed E-state index contributed by atoms with van der Waals surface area (Å²) in [6.07, 6.45) is -4.78. The van der Waals surface area contributed by atoms with Crippen molar-refractivity contribution in [1.29, 1.82) is 0 Å². The molecule has 0 saturated heterocycles. The number of benzene rings is 1. The maximum Gasteiger partial charge on any atom is 0.389 e. The van der Waals surface area contributed by atoms with Gasteiger partial charge in [-0.2, -0.15) is 13.2 Å². The summed E-state index contributed by atoms with van der Waals surface area (Å²) in [5, 5.41) is 0. The summed E-state index contributed by atoms with van der Waals surface area (Å²) in [6, 6.07) is 5.82. The number of aryl methyl sites for hydroxylation is 2. The summed E-state index contributed by atoms with van der Waals surface area (Å²) >= 11 is 1.27. The zero-order chi connectivity index (χ0) is 11.5. The van der Waals surface area contributed by atoms with Crippen molar-refractivity contribution in [3.05, 3.63) is 29.3 Å². The third-order valence-electron chi connectivity index (χ3n) is 1.99. The van der Waals surface area contributed by atoms with E-state index in [2.05, 4.69) is 0 Å². The van der Waals surface area contributed by atoms with Crippen LogP contribution in [0.5, 0.6) is 0 Å². The molecule has 0 aliphatic rings. The van der Waals surface area contributed by atoms with Crippen LogP contribution < -0.4 is 0 Å². The van der Waals surface area contributed by atoms with Crippen molar-refractivity contribution >= 4 is 11.8 Å². The zero-order valence-corrected chi connectivity index (χ0v) is 9.50. The van der Waals surface area contributed by atoms with E-state index in [0.717, 1.165) is 16.0 Å². The van der Waals surface area contributed by atoms with Gasteiger partial charge in [0.15, 0.2) is 0 Å².